The highest BCUT2D eigenvalue weighted by Gasteiger charge is 2.31. The number of carbonyl (C=O) groups excluding carboxylic acids is 2. The van der Waals surface area contributed by atoms with Crippen LogP contribution in [-0.4, -0.2) is 65.0 Å². The normalized spacial score (nSPS) is 18.6. The van der Waals surface area contributed by atoms with Gasteiger partial charge in [0.05, 0.1) is 18.8 Å². The zero-order chi connectivity index (χ0) is 18.8. The highest BCUT2D eigenvalue weighted by atomic mass is 16.5. The first-order valence-electron chi connectivity index (χ1n) is 9.44. The molecule has 8 heteroatoms. The molecule has 2 aliphatic heterocycles. The van der Waals surface area contributed by atoms with Crippen LogP contribution in [-0.2, 0) is 16.1 Å². The number of hydrogen-bond donors (Lipinski definition) is 2. The monoisotopic (exact) mass is 372 g/mol. The summed E-state index contributed by atoms with van der Waals surface area (Å²) >= 11 is 0. The molecule has 2 amide bonds. The van der Waals surface area contributed by atoms with E-state index in [0.29, 0.717) is 24.8 Å². The third-order valence-electron chi connectivity index (χ3n) is 5.35. The first-order valence-corrected chi connectivity index (χ1v) is 9.44. The first kappa shape index (κ1) is 17.8. The number of nitrogens with one attached hydrogen (secondary N) is 1. The van der Waals surface area contributed by atoms with Gasteiger partial charge < -0.3 is 19.6 Å². The van der Waals surface area contributed by atoms with Crippen molar-refractivity contribution in [3.05, 3.63) is 23.8 Å². The van der Waals surface area contributed by atoms with Crippen molar-refractivity contribution in [2.45, 2.75) is 38.3 Å². The van der Waals surface area contributed by atoms with Gasteiger partial charge in [-0.1, -0.05) is 18.9 Å². The maximum atomic E-state index is 12.7. The minimum atomic E-state index is -0.105. The van der Waals surface area contributed by atoms with Crippen LogP contribution in [0.25, 0.3) is 0 Å². The van der Waals surface area contributed by atoms with Gasteiger partial charge in [0, 0.05) is 18.2 Å². The van der Waals surface area contributed by atoms with Crippen molar-refractivity contribution in [3.8, 4) is 5.75 Å². The van der Waals surface area contributed by atoms with Crippen molar-refractivity contribution in [1.29, 1.82) is 0 Å². The standard InChI is InChI=1S/C19H24N4O4/c24-9-8-23(13-4-1-2-5-13)18(26)12-27-16-7-3-6-15-14(16)10-22-11-17(25)21-19(22)20-15/h3,6-7,13,24H,1-2,4-5,8-12H2,(H,20,21,25). The van der Waals surface area contributed by atoms with Gasteiger partial charge in [-0.3, -0.25) is 14.9 Å². The average molecular weight is 372 g/mol. The molecule has 3 aliphatic rings. The molecule has 1 aromatic rings. The van der Waals surface area contributed by atoms with Gasteiger partial charge in [0.2, 0.25) is 11.9 Å². The second kappa shape index (κ2) is 7.56. The fourth-order valence-corrected chi connectivity index (χ4v) is 4.04. The Morgan fingerprint density at radius 3 is 2.93 bits per heavy atom. The van der Waals surface area contributed by atoms with Crippen LogP contribution in [0.3, 0.4) is 0 Å². The average Bonchev–Trinajstić information content (AvgIpc) is 3.30. The summed E-state index contributed by atoms with van der Waals surface area (Å²) in [5.41, 5.74) is 1.62. The molecule has 2 fully saturated rings. The summed E-state index contributed by atoms with van der Waals surface area (Å²) < 4.78 is 5.85. The van der Waals surface area contributed by atoms with Gasteiger partial charge in [0.1, 0.15) is 12.3 Å². The molecule has 0 spiro atoms. The van der Waals surface area contributed by atoms with E-state index in [0.717, 1.165) is 36.9 Å². The Morgan fingerprint density at radius 2 is 2.15 bits per heavy atom. The van der Waals surface area contributed by atoms with Crippen LogP contribution in [0.1, 0.15) is 31.2 Å². The molecule has 1 aromatic carbocycles. The molecule has 0 radical (unpaired) electrons. The van der Waals surface area contributed by atoms with Crippen LogP contribution in [0.5, 0.6) is 5.75 Å². The minimum absolute atomic E-state index is 0.0452. The number of aliphatic hydroxyl groups is 1. The molecule has 2 heterocycles. The number of fused-ring (bicyclic) bond motifs is 2. The second-order valence-corrected chi connectivity index (χ2v) is 7.13. The Labute approximate surface area is 157 Å². The Bertz CT molecular complexity index is 773. The summed E-state index contributed by atoms with van der Waals surface area (Å²) in [6, 6.07) is 5.73. The van der Waals surface area contributed by atoms with Gasteiger partial charge in [-0.2, -0.15) is 0 Å². The Kier molecular flexibility index (Phi) is 4.98. The van der Waals surface area contributed by atoms with Crippen molar-refractivity contribution in [3.63, 3.8) is 0 Å². The fraction of sp³-hybridized carbons (Fsp3) is 0.526. The summed E-state index contributed by atoms with van der Waals surface area (Å²) in [5.74, 6) is 0.997. The van der Waals surface area contributed by atoms with E-state index in [1.165, 1.54) is 0 Å². The van der Waals surface area contributed by atoms with Crippen LogP contribution < -0.4 is 10.1 Å². The van der Waals surface area contributed by atoms with E-state index in [1.807, 2.05) is 23.1 Å². The Morgan fingerprint density at radius 1 is 1.33 bits per heavy atom. The predicted molar refractivity (Wildman–Crippen MR) is 98.6 cm³/mol. The maximum Gasteiger partial charge on any atom is 0.260 e. The zero-order valence-electron chi connectivity index (χ0n) is 15.2. The van der Waals surface area contributed by atoms with Crippen LogP contribution in [0.2, 0.25) is 0 Å². The van der Waals surface area contributed by atoms with Gasteiger partial charge >= 0.3 is 0 Å². The molecule has 4 rings (SSSR count). The summed E-state index contributed by atoms with van der Waals surface area (Å²) in [7, 11) is 0. The van der Waals surface area contributed by atoms with Crippen molar-refractivity contribution < 1.29 is 19.4 Å². The van der Waals surface area contributed by atoms with E-state index < -0.39 is 0 Å². The molecule has 1 saturated carbocycles. The third-order valence-corrected chi connectivity index (χ3v) is 5.35. The summed E-state index contributed by atoms with van der Waals surface area (Å²) in [5, 5.41) is 12.0. The molecule has 27 heavy (non-hydrogen) atoms. The first-order chi connectivity index (χ1) is 13.2. The largest absolute Gasteiger partial charge is 0.483 e. The van der Waals surface area contributed by atoms with E-state index in [-0.39, 0.29) is 37.6 Å². The van der Waals surface area contributed by atoms with Gasteiger partial charge in [-0.15, -0.1) is 0 Å². The lowest BCUT2D eigenvalue weighted by Gasteiger charge is -2.29. The molecule has 1 aliphatic carbocycles. The summed E-state index contributed by atoms with van der Waals surface area (Å²) in [6.45, 7) is 1.02. The minimum Gasteiger partial charge on any atom is -0.483 e. The van der Waals surface area contributed by atoms with E-state index in [1.54, 1.807) is 4.90 Å². The molecule has 0 bridgehead atoms. The third kappa shape index (κ3) is 3.62. The van der Waals surface area contributed by atoms with Crippen molar-refractivity contribution >= 4 is 23.5 Å². The van der Waals surface area contributed by atoms with Crippen molar-refractivity contribution in [2.24, 2.45) is 4.99 Å². The van der Waals surface area contributed by atoms with Crippen LogP contribution in [0.15, 0.2) is 23.2 Å². The van der Waals surface area contributed by atoms with Crippen molar-refractivity contribution in [2.75, 3.05) is 26.3 Å². The number of benzene rings is 1. The lowest BCUT2D eigenvalue weighted by Crippen LogP contribution is -2.43. The van der Waals surface area contributed by atoms with Gasteiger partial charge in [0.15, 0.2) is 6.61 Å². The number of ether oxygens (including phenoxy) is 1. The lowest BCUT2D eigenvalue weighted by atomic mass is 10.1. The van der Waals surface area contributed by atoms with Crippen LogP contribution >= 0.6 is 0 Å². The summed E-state index contributed by atoms with van der Waals surface area (Å²) in [6.07, 6.45) is 4.21. The SMILES string of the molecule is O=C1CN2Cc3c(cccc3OCC(=O)N(CCO)C3CCCC3)N=C2N1. The number of nitrogens with zero attached hydrogens (tertiary/aromatic N) is 3. The number of hydrogen-bond acceptors (Lipinski definition) is 6. The van der Waals surface area contributed by atoms with Gasteiger partial charge in [-0.05, 0) is 25.0 Å². The predicted octanol–water partition coefficient (Wildman–Crippen LogP) is 0.762. The van der Waals surface area contributed by atoms with Crippen LogP contribution in [0, 0.1) is 0 Å². The fourth-order valence-electron chi connectivity index (χ4n) is 4.04. The number of rotatable bonds is 6. The topological polar surface area (TPSA) is 94.5 Å². The van der Waals surface area contributed by atoms with Gasteiger partial charge in [0.25, 0.3) is 5.91 Å². The summed E-state index contributed by atoms with van der Waals surface area (Å²) in [4.78, 5) is 32.4. The molecule has 0 atom stereocenters. The van der Waals surface area contributed by atoms with E-state index in [2.05, 4.69) is 10.3 Å². The second-order valence-electron chi connectivity index (χ2n) is 7.13. The molecule has 144 valence electrons. The molecule has 0 aromatic heterocycles. The smallest absolute Gasteiger partial charge is 0.260 e. The molecule has 0 unspecified atom stereocenters. The Hall–Kier alpha value is -2.61. The molecule has 2 N–H and O–H groups in total. The van der Waals surface area contributed by atoms with E-state index in [9.17, 15) is 14.7 Å². The Balaban J connectivity index is 1.46. The lowest BCUT2D eigenvalue weighted by molar-refractivity contribution is -0.136. The molecular weight excluding hydrogens is 348 g/mol. The number of aliphatic hydroxyl groups excluding tert-OH is 1. The highest BCUT2D eigenvalue weighted by molar-refractivity contribution is 6.05. The number of aliphatic imine (C=N–C) groups is 1. The van der Waals surface area contributed by atoms with Crippen molar-refractivity contribution in [1.82, 2.24) is 15.1 Å². The zero-order valence-corrected chi connectivity index (χ0v) is 15.2. The number of carbonyl (C=O) groups is 2. The molecule has 8 nitrogen and oxygen atoms in total. The number of amides is 2. The van der Waals surface area contributed by atoms with E-state index >= 15 is 0 Å². The highest BCUT2D eigenvalue weighted by Crippen LogP contribution is 2.34. The quantitative estimate of drug-likeness (QED) is 0.769. The van der Waals surface area contributed by atoms with Crippen LogP contribution in [0.4, 0.5) is 5.69 Å². The van der Waals surface area contributed by atoms with Gasteiger partial charge in [-0.25, -0.2) is 4.99 Å². The molecular formula is C19H24N4O4. The van der Waals surface area contributed by atoms with E-state index in [4.69, 9.17) is 4.74 Å². The number of guanidine groups is 1. The molecule has 1 saturated heterocycles. The maximum absolute atomic E-state index is 12.7.